The quantitative estimate of drug-likeness (QED) is 0.728. The molecule has 0 fully saturated rings. The molecule has 3 aromatic rings. The normalized spacial score (nSPS) is 10.5. The summed E-state index contributed by atoms with van der Waals surface area (Å²) in [5.74, 6) is 0.605. The average Bonchev–Trinajstić information content (AvgIpc) is 2.93. The molecule has 0 bridgehead atoms. The molecule has 26 heavy (non-hydrogen) atoms. The number of amides is 1. The minimum absolute atomic E-state index is 0.208. The highest BCUT2D eigenvalue weighted by Gasteiger charge is 2.16. The molecule has 0 atom stereocenters. The lowest BCUT2D eigenvalue weighted by molar-refractivity contribution is -0.117. The van der Waals surface area contributed by atoms with Crippen LogP contribution in [0.5, 0.6) is 5.75 Å². The molecule has 8 nitrogen and oxygen atoms in total. The van der Waals surface area contributed by atoms with Gasteiger partial charge in [-0.3, -0.25) is 14.3 Å². The van der Waals surface area contributed by atoms with Crippen LogP contribution in [0.3, 0.4) is 0 Å². The summed E-state index contributed by atoms with van der Waals surface area (Å²) in [5.41, 5.74) is 0.722. The molecule has 0 radical (unpaired) electrons. The zero-order chi connectivity index (χ0) is 18.5. The standard InChI is InChI=1S/C18H19N5O3/c1-3-26-15-10-5-4-8-13(15)20-16(24)12-23-18(25)22(2)17(21-23)14-9-6-7-11-19-14/h4-11H,3,12H2,1-2H3,(H,20,24). The maximum atomic E-state index is 12.4. The molecule has 0 spiro atoms. The Morgan fingerprint density at radius 2 is 1.96 bits per heavy atom. The van der Waals surface area contributed by atoms with Crippen molar-refractivity contribution in [2.24, 2.45) is 7.05 Å². The number of anilines is 1. The first-order valence-electron chi connectivity index (χ1n) is 8.17. The highest BCUT2D eigenvalue weighted by atomic mass is 16.5. The largest absolute Gasteiger partial charge is 0.492 e. The number of carbonyl (C=O) groups excluding carboxylic acids is 1. The van der Waals surface area contributed by atoms with E-state index in [2.05, 4.69) is 15.4 Å². The van der Waals surface area contributed by atoms with E-state index in [-0.39, 0.29) is 18.1 Å². The molecular weight excluding hydrogens is 334 g/mol. The fraction of sp³-hybridized carbons (Fsp3) is 0.222. The summed E-state index contributed by atoms with van der Waals surface area (Å²) in [4.78, 5) is 28.9. The third-order valence-electron chi connectivity index (χ3n) is 3.69. The average molecular weight is 353 g/mol. The second-order valence-electron chi connectivity index (χ2n) is 5.52. The third kappa shape index (κ3) is 3.64. The van der Waals surface area contributed by atoms with Crippen molar-refractivity contribution in [1.82, 2.24) is 19.3 Å². The van der Waals surface area contributed by atoms with Crippen LogP contribution in [0.15, 0.2) is 53.5 Å². The lowest BCUT2D eigenvalue weighted by atomic mass is 10.3. The van der Waals surface area contributed by atoms with Crippen LogP contribution in [-0.2, 0) is 18.4 Å². The second kappa shape index (κ2) is 7.64. The molecule has 0 aliphatic rings. The van der Waals surface area contributed by atoms with Crippen LogP contribution in [0.2, 0.25) is 0 Å². The van der Waals surface area contributed by atoms with Crippen molar-refractivity contribution < 1.29 is 9.53 Å². The number of rotatable bonds is 6. The number of hydrogen-bond donors (Lipinski definition) is 1. The summed E-state index contributed by atoms with van der Waals surface area (Å²) in [7, 11) is 1.60. The molecule has 1 N–H and O–H groups in total. The smallest absolute Gasteiger partial charge is 0.346 e. The van der Waals surface area contributed by atoms with Crippen molar-refractivity contribution in [2.75, 3.05) is 11.9 Å². The summed E-state index contributed by atoms with van der Waals surface area (Å²) in [6.07, 6.45) is 1.62. The van der Waals surface area contributed by atoms with E-state index in [1.165, 1.54) is 4.57 Å². The Balaban J connectivity index is 1.80. The molecule has 134 valence electrons. The molecule has 0 saturated heterocycles. The summed E-state index contributed by atoms with van der Waals surface area (Å²) in [6.45, 7) is 2.14. The van der Waals surface area contributed by atoms with Crippen molar-refractivity contribution in [3.63, 3.8) is 0 Å². The molecule has 0 aliphatic carbocycles. The fourth-order valence-electron chi connectivity index (χ4n) is 2.49. The van der Waals surface area contributed by atoms with Crippen LogP contribution in [0, 0.1) is 0 Å². The first-order chi connectivity index (χ1) is 12.6. The van der Waals surface area contributed by atoms with Gasteiger partial charge in [0.25, 0.3) is 0 Å². The molecular formula is C18H19N5O3. The Bertz CT molecular complexity index is 962. The zero-order valence-corrected chi connectivity index (χ0v) is 14.5. The second-order valence-corrected chi connectivity index (χ2v) is 5.52. The first-order valence-corrected chi connectivity index (χ1v) is 8.17. The monoisotopic (exact) mass is 353 g/mol. The number of nitrogens with zero attached hydrogens (tertiary/aromatic N) is 4. The molecule has 3 rings (SSSR count). The Hall–Kier alpha value is -3.42. The predicted molar refractivity (Wildman–Crippen MR) is 96.9 cm³/mol. The summed E-state index contributed by atoms with van der Waals surface area (Å²) < 4.78 is 7.96. The molecule has 8 heteroatoms. The highest BCUT2D eigenvalue weighted by Crippen LogP contribution is 2.23. The molecule has 1 amide bonds. The first kappa shape index (κ1) is 17.4. The Labute approximate surface area is 150 Å². The number of hydrogen-bond acceptors (Lipinski definition) is 5. The molecule has 0 saturated carbocycles. The lowest BCUT2D eigenvalue weighted by Gasteiger charge is -2.10. The van der Waals surface area contributed by atoms with Crippen molar-refractivity contribution in [2.45, 2.75) is 13.5 Å². The van der Waals surface area contributed by atoms with E-state index in [0.717, 1.165) is 4.68 Å². The number of nitrogens with one attached hydrogen (secondary N) is 1. The fourth-order valence-corrected chi connectivity index (χ4v) is 2.49. The Morgan fingerprint density at radius 3 is 2.69 bits per heavy atom. The van der Waals surface area contributed by atoms with E-state index in [9.17, 15) is 9.59 Å². The van der Waals surface area contributed by atoms with E-state index in [4.69, 9.17) is 4.74 Å². The number of pyridine rings is 1. The van der Waals surface area contributed by atoms with Gasteiger partial charge in [0.15, 0.2) is 5.82 Å². The zero-order valence-electron chi connectivity index (χ0n) is 14.5. The van der Waals surface area contributed by atoms with Crippen molar-refractivity contribution >= 4 is 11.6 Å². The van der Waals surface area contributed by atoms with Crippen LogP contribution in [-0.4, -0.2) is 31.8 Å². The molecule has 0 aliphatic heterocycles. The van der Waals surface area contributed by atoms with E-state index in [0.29, 0.717) is 29.6 Å². The van der Waals surface area contributed by atoms with Gasteiger partial charge in [-0.2, -0.15) is 0 Å². The van der Waals surface area contributed by atoms with Gasteiger partial charge < -0.3 is 10.1 Å². The molecule has 0 unspecified atom stereocenters. The Morgan fingerprint density at radius 1 is 1.19 bits per heavy atom. The van der Waals surface area contributed by atoms with Gasteiger partial charge in [-0.15, -0.1) is 5.10 Å². The van der Waals surface area contributed by atoms with Gasteiger partial charge >= 0.3 is 5.69 Å². The van der Waals surface area contributed by atoms with Crippen molar-refractivity contribution in [3.8, 4) is 17.3 Å². The summed E-state index contributed by atoms with van der Waals surface area (Å²) in [6, 6.07) is 12.5. The number of aromatic nitrogens is 4. The molecule has 2 heterocycles. The SMILES string of the molecule is CCOc1ccccc1NC(=O)Cn1nc(-c2ccccn2)n(C)c1=O. The molecule has 2 aromatic heterocycles. The van der Waals surface area contributed by atoms with Gasteiger partial charge in [-0.1, -0.05) is 18.2 Å². The van der Waals surface area contributed by atoms with Gasteiger partial charge in [0.2, 0.25) is 5.91 Å². The van der Waals surface area contributed by atoms with Gasteiger partial charge in [-0.25, -0.2) is 9.48 Å². The predicted octanol–water partition coefficient (Wildman–Crippen LogP) is 1.68. The topological polar surface area (TPSA) is 91.0 Å². The van der Waals surface area contributed by atoms with Gasteiger partial charge in [-0.05, 0) is 31.2 Å². The van der Waals surface area contributed by atoms with Crippen molar-refractivity contribution in [3.05, 3.63) is 59.1 Å². The van der Waals surface area contributed by atoms with Crippen LogP contribution >= 0.6 is 0 Å². The number of ether oxygens (including phenoxy) is 1. The minimum Gasteiger partial charge on any atom is -0.492 e. The van der Waals surface area contributed by atoms with Crippen LogP contribution in [0.1, 0.15) is 6.92 Å². The van der Waals surface area contributed by atoms with Gasteiger partial charge in [0, 0.05) is 13.2 Å². The summed E-state index contributed by atoms with van der Waals surface area (Å²) in [5, 5.41) is 6.98. The Kier molecular flexibility index (Phi) is 5.12. The van der Waals surface area contributed by atoms with Crippen LogP contribution in [0.25, 0.3) is 11.5 Å². The minimum atomic E-state index is -0.390. The van der Waals surface area contributed by atoms with Crippen LogP contribution < -0.4 is 15.7 Å². The third-order valence-corrected chi connectivity index (χ3v) is 3.69. The van der Waals surface area contributed by atoms with Gasteiger partial charge in [0.05, 0.1) is 12.3 Å². The number of benzene rings is 1. The maximum Gasteiger partial charge on any atom is 0.346 e. The highest BCUT2D eigenvalue weighted by molar-refractivity contribution is 5.92. The van der Waals surface area contributed by atoms with E-state index in [1.54, 1.807) is 43.6 Å². The van der Waals surface area contributed by atoms with Crippen molar-refractivity contribution in [1.29, 1.82) is 0 Å². The van der Waals surface area contributed by atoms with E-state index in [1.807, 2.05) is 19.1 Å². The van der Waals surface area contributed by atoms with Crippen LogP contribution in [0.4, 0.5) is 5.69 Å². The van der Waals surface area contributed by atoms with E-state index < -0.39 is 0 Å². The number of carbonyl (C=O) groups is 1. The van der Waals surface area contributed by atoms with Gasteiger partial charge in [0.1, 0.15) is 18.0 Å². The summed E-state index contributed by atoms with van der Waals surface area (Å²) >= 11 is 0. The number of para-hydroxylation sites is 2. The molecule has 1 aromatic carbocycles. The van der Waals surface area contributed by atoms with E-state index >= 15 is 0 Å². The maximum absolute atomic E-state index is 12.4. The lowest BCUT2D eigenvalue weighted by Crippen LogP contribution is -2.29.